The molecule has 1 aromatic carbocycles. The Morgan fingerprint density at radius 2 is 1.79 bits per heavy atom. The topological polar surface area (TPSA) is 51.3 Å². The third-order valence-corrected chi connectivity index (χ3v) is 3.09. The summed E-state index contributed by atoms with van der Waals surface area (Å²) in [5.41, 5.74) is 4.80. The first-order valence-corrected chi connectivity index (χ1v) is 7.40. The third kappa shape index (κ3) is 4.78. The molecule has 1 heterocycles. The number of nitrogens with two attached hydrogens (primary N) is 1. The predicted octanol–water partition coefficient (Wildman–Crippen LogP) is 4.73. The highest BCUT2D eigenvalue weighted by Crippen LogP contribution is 2.35. The Bertz CT molecular complexity index is 696. The summed E-state index contributed by atoms with van der Waals surface area (Å²) in [6.07, 6.45) is -2.37. The minimum atomic E-state index is -4.52. The summed E-state index contributed by atoms with van der Waals surface area (Å²) in [4.78, 5) is 7.66. The fraction of sp³-hybridized carbons (Fsp3) is 0.294. The van der Waals surface area contributed by atoms with E-state index in [9.17, 15) is 17.6 Å². The molecule has 0 fully saturated rings. The molecule has 2 N–H and O–H groups in total. The first kappa shape index (κ1) is 19.6. The molecule has 0 aliphatic rings. The van der Waals surface area contributed by atoms with Crippen molar-refractivity contribution >= 4 is 5.84 Å². The number of amidine groups is 1. The van der Waals surface area contributed by atoms with Gasteiger partial charge in [-0.1, -0.05) is 26.0 Å². The van der Waals surface area contributed by atoms with Crippen molar-refractivity contribution in [2.75, 3.05) is 0 Å². The van der Waals surface area contributed by atoms with Crippen LogP contribution in [-0.2, 0) is 6.18 Å². The van der Waals surface area contributed by atoms with E-state index in [1.54, 1.807) is 6.07 Å². The average Bonchev–Trinajstić information content (AvgIpc) is 2.56. The summed E-state index contributed by atoms with van der Waals surface area (Å²) in [5.74, 6) is -0.749. The summed E-state index contributed by atoms with van der Waals surface area (Å²) in [7, 11) is 0. The minimum absolute atomic E-state index is 0.0480. The maximum Gasteiger partial charge on any atom is 0.416 e. The maximum atomic E-state index is 13.6. The Morgan fingerprint density at radius 1 is 1.17 bits per heavy atom. The van der Waals surface area contributed by atoms with Gasteiger partial charge in [0, 0.05) is 18.0 Å². The summed E-state index contributed by atoms with van der Waals surface area (Å²) in [6, 6.07) is 5.63. The van der Waals surface area contributed by atoms with Gasteiger partial charge >= 0.3 is 6.18 Å². The molecule has 3 nitrogen and oxygen atoms in total. The number of nitrogens with zero attached hydrogens (tertiary/aromatic N) is 2. The van der Waals surface area contributed by atoms with Gasteiger partial charge in [0.05, 0.1) is 17.2 Å². The van der Waals surface area contributed by atoms with Crippen LogP contribution in [0.2, 0.25) is 0 Å². The number of halogens is 4. The lowest BCUT2D eigenvalue weighted by Gasteiger charge is -2.15. The standard InChI is InChI=1S/C15H13F4N3.C2H6/c1-9(11-8-21-7-6-12(11)15(17,18)19)22-14(20)10-4-2-3-5-13(10)16;1-2/h2-9H,1H3,(H2,20,22);1-2H3. The van der Waals surface area contributed by atoms with Crippen molar-refractivity contribution in [3.8, 4) is 0 Å². The molecule has 130 valence electrons. The number of aliphatic imine (C=N–C) groups is 1. The lowest BCUT2D eigenvalue weighted by atomic mass is 10.0. The highest BCUT2D eigenvalue weighted by atomic mass is 19.4. The zero-order valence-electron chi connectivity index (χ0n) is 13.6. The van der Waals surface area contributed by atoms with E-state index in [1.165, 1.54) is 25.1 Å². The Morgan fingerprint density at radius 3 is 2.38 bits per heavy atom. The molecule has 0 aliphatic carbocycles. The average molecular weight is 341 g/mol. The first-order chi connectivity index (χ1) is 11.3. The van der Waals surface area contributed by atoms with Gasteiger partial charge in [0.25, 0.3) is 0 Å². The smallest absolute Gasteiger partial charge is 0.383 e. The van der Waals surface area contributed by atoms with Crippen LogP contribution in [0.3, 0.4) is 0 Å². The SMILES string of the molecule is CC.CC(N=C(N)c1ccccc1F)c1cnccc1C(F)(F)F. The Balaban J connectivity index is 0.00000139. The first-order valence-electron chi connectivity index (χ1n) is 7.40. The summed E-state index contributed by atoms with van der Waals surface area (Å²) in [6.45, 7) is 5.44. The van der Waals surface area contributed by atoms with Crippen molar-refractivity contribution in [2.24, 2.45) is 10.7 Å². The largest absolute Gasteiger partial charge is 0.416 e. The highest BCUT2D eigenvalue weighted by Gasteiger charge is 2.34. The van der Waals surface area contributed by atoms with E-state index in [0.717, 1.165) is 18.5 Å². The van der Waals surface area contributed by atoms with E-state index in [-0.39, 0.29) is 17.0 Å². The Hall–Kier alpha value is -2.44. The van der Waals surface area contributed by atoms with Crippen molar-refractivity contribution in [2.45, 2.75) is 33.0 Å². The number of benzene rings is 1. The van der Waals surface area contributed by atoms with E-state index < -0.39 is 23.6 Å². The van der Waals surface area contributed by atoms with Gasteiger partial charge in [0.15, 0.2) is 0 Å². The molecule has 0 bridgehead atoms. The molecule has 0 saturated carbocycles. The van der Waals surface area contributed by atoms with E-state index in [0.29, 0.717) is 0 Å². The Labute approximate surface area is 138 Å². The van der Waals surface area contributed by atoms with Crippen LogP contribution in [0.15, 0.2) is 47.7 Å². The quantitative estimate of drug-likeness (QED) is 0.498. The molecule has 7 heteroatoms. The molecule has 2 aromatic rings. The normalized spacial score (nSPS) is 13.0. The fourth-order valence-electron chi connectivity index (χ4n) is 2.01. The van der Waals surface area contributed by atoms with Crippen LogP contribution in [0, 0.1) is 5.82 Å². The zero-order chi connectivity index (χ0) is 18.3. The maximum absolute atomic E-state index is 13.6. The molecular weight excluding hydrogens is 322 g/mol. The molecular formula is C17H19F4N3. The van der Waals surface area contributed by atoms with Crippen LogP contribution >= 0.6 is 0 Å². The van der Waals surface area contributed by atoms with Crippen molar-refractivity contribution in [3.63, 3.8) is 0 Å². The fourth-order valence-corrected chi connectivity index (χ4v) is 2.01. The Kier molecular flexibility index (Phi) is 6.88. The van der Waals surface area contributed by atoms with Crippen molar-refractivity contribution < 1.29 is 17.6 Å². The van der Waals surface area contributed by atoms with Crippen LogP contribution in [0.5, 0.6) is 0 Å². The summed E-state index contributed by atoms with van der Waals surface area (Å²) >= 11 is 0. The van der Waals surface area contributed by atoms with E-state index in [1.807, 2.05) is 13.8 Å². The van der Waals surface area contributed by atoms with E-state index >= 15 is 0 Å². The van der Waals surface area contributed by atoms with Gasteiger partial charge in [-0.3, -0.25) is 9.98 Å². The van der Waals surface area contributed by atoms with Crippen molar-refractivity contribution in [3.05, 3.63) is 65.2 Å². The van der Waals surface area contributed by atoms with Crippen molar-refractivity contribution in [1.82, 2.24) is 4.98 Å². The van der Waals surface area contributed by atoms with E-state index in [2.05, 4.69) is 9.98 Å². The number of rotatable bonds is 3. The zero-order valence-corrected chi connectivity index (χ0v) is 13.6. The second-order valence-corrected chi connectivity index (χ2v) is 4.63. The van der Waals surface area contributed by atoms with Crippen LogP contribution in [0.25, 0.3) is 0 Å². The molecule has 0 saturated heterocycles. The molecule has 1 atom stereocenters. The van der Waals surface area contributed by atoms with Crippen molar-refractivity contribution in [1.29, 1.82) is 0 Å². The van der Waals surface area contributed by atoms with Gasteiger partial charge < -0.3 is 5.73 Å². The van der Waals surface area contributed by atoms with Gasteiger partial charge in [0.1, 0.15) is 11.7 Å². The second-order valence-electron chi connectivity index (χ2n) is 4.63. The van der Waals surface area contributed by atoms with Crippen LogP contribution in [0.1, 0.15) is 43.5 Å². The van der Waals surface area contributed by atoms with Crippen LogP contribution < -0.4 is 5.73 Å². The lowest BCUT2D eigenvalue weighted by Crippen LogP contribution is -2.17. The van der Waals surface area contributed by atoms with Gasteiger partial charge in [-0.25, -0.2) is 4.39 Å². The van der Waals surface area contributed by atoms with Crippen LogP contribution in [0.4, 0.5) is 17.6 Å². The molecule has 2 rings (SSSR count). The molecule has 1 unspecified atom stereocenters. The molecule has 0 radical (unpaired) electrons. The number of hydrogen-bond donors (Lipinski definition) is 1. The number of hydrogen-bond acceptors (Lipinski definition) is 2. The van der Waals surface area contributed by atoms with Gasteiger partial charge in [-0.05, 0) is 25.1 Å². The molecule has 0 amide bonds. The highest BCUT2D eigenvalue weighted by molar-refractivity contribution is 5.97. The number of alkyl halides is 3. The molecule has 24 heavy (non-hydrogen) atoms. The number of aromatic nitrogens is 1. The van der Waals surface area contributed by atoms with Gasteiger partial charge in [-0.2, -0.15) is 13.2 Å². The number of pyridine rings is 1. The summed E-state index contributed by atoms with van der Waals surface area (Å²) < 4.78 is 52.5. The van der Waals surface area contributed by atoms with Gasteiger partial charge in [-0.15, -0.1) is 0 Å². The molecule has 1 aromatic heterocycles. The van der Waals surface area contributed by atoms with Gasteiger partial charge in [0.2, 0.25) is 0 Å². The third-order valence-electron chi connectivity index (χ3n) is 3.09. The monoisotopic (exact) mass is 341 g/mol. The van der Waals surface area contributed by atoms with E-state index in [4.69, 9.17) is 5.73 Å². The second kappa shape index (κ2) is 8.42. The van der Waals surface area contributed by atoms with Crippen LogP contribution in [-0.4, -0.2) is 10.8 Å². The minimum Gasteiger partial charge on any atom is -0.383 e. The predicted molar refractivity (Wildman–Crippen MR) is 86.1 cm³/mol. The summed E-state index contributed by atoms with van der Waals surface area (Å²) in [5, 5.41) is 0. The molecule has 0 spiro atoms. The lowest BCUT2D eigenvalue weighted by molar-refractivity contribution is -0.138. The molecule has 0 aliphatic heterocycles.